The fraction of sp³-hybridized carbons (Fsp3) is 0.111. The molecule has 2 aromatic carbocycles. The van der Waals surface area contributed by atoms with Gasteiger partial charge in [-0.1, -0.05) is 48.9 Å². The third-order valence-electron chi connectivity index (χ3n) is 3.39. The second-order valence-corrected chi connectivity index (χ2v) is 6.49. The van der Waals surface area contributed by atoms with E-state index in [4.69, 9.17) is 11.6 Å². The molecule has 0 radical (unpaired) electrons. The maximum absolute atomic E-state index is 9.66. The summed E-state index contributed by atoms with van der Waals surface area (Å²) in [6.45, 7) is 2.05. The number of nitrogens with one attached hydrogen (secondary N) is 1. The zero-order chi connectivity index (χ0) is 16.2. The van der Waals surface area contributed by atoms with Gasteiger partial charge < -0.3 is 5.32 Å². The fourth-order valence-electron chi connectivity index (χ4n) is 2.36. The number of para-hydroxylation sites is 2. The van der Waals surface area contributed by atoms with Crippen molar-refractivity contribution in [3.8, 4) is 6.07 Å². The van der Waals surface area contributed by atoms with E-state index < -0.39 is 0 Å². The Bertz CT molecular complexity index is 902. The minimum Gasteiger partial charge on any atom is -0.353 e. The third kappa shape index (κ3) is 3.12. The summed E-state index contributed by atoms with van der Waals surface area (Å²) in [4.78, 5) is 4.63. The summed E-state index contributed by atoms with van der Waals surface area (Å²) in [7, 11) is 0. The highest BCUT2D eigenvalue weighted by Crippen LogP contribution is 2.36. The van der Waals surface area contributed by atoms with E-state index in [2.05, 4.69) is 16.4 Å². The Kier molecular flexibility index (Phi) is 4.71. The Morgan fingerprint density at radius 2 is 1.91 bits per heavy atom. The van der Waals surface area contributed by atoms with Crippen molar-refractivity contribution in [1.82, 2.24) is 4.98 Å². The van der Waals surface area contributed by atoms with Crippen LogP contribution in [0.4, 0.5) is 11.4 Å². The van der Waals surface area contributed by atoms with Gasteiger partial charge in [-0.05, 0) is 24.0 Å². The zero-order valence-electron chi connectivity index (χ0n) is 12.5. The van der Waals surface area contributed by atoms with E-state index in [-0.39, 0.29) is 0 Å². The molecule has 0 amide bonds. The molecule has 0 fully saturated rings. The van der Waals surface area contributed by atoms with Crippen molar-refractivity contribution < 1.29 is 0 Å². The molecule has 0 saturated heterocycles. The zero-order valence-corrected chi connectivity index (χ0v) is 14.1. The number of anilines is 2. The number of thioether (sulfide) groups is 1. The van der Waals surface area contributed by atoms with Gasteiger partial charge in [0.15, 0.2) is 0 Å². The lowest BCUT2D eigenvalue weighted by atomic mass is 10.1. The predicted octanol–water partition coefficient (Wildman–Crippen LogP) is 5.62. The Morgan fingerprint density at radius 3 is 2.65 bits per heavy atom. The average molecular weight is 340 g/mol. The number of hydrogen-bond acceptors (Lipinski definition) is 4. The molecule has 3 nitrogen and oxygen atoms in total. The lowest BCUT2D eigenvalue weighted by molar-refractivity contribution is 1.16. The molecule has 1 heterocycles. The van der Waals surface area contributed by atoms with Crippen LogP contribution in [0.5, 0.6) is 0 Å². The predicted molar refractivity (Wildman–Crippen MR) is 97.6 cm³/mol. The number of fused-ring (bicyclic) bond motifs is 1. The maximum atomic E-state index is 9.66. The van der Waals surface area contributed by atoms with Crippen molar-refractivity contribution in [3.63, 3.8) is 0 Å². The van der Waals surface area contributed by atoms with Crippen LogP contribution >= 0.6 is 23.4 Å². The van der Waals surface area contributed by atoms with Gasteiger partial charge in [0, 0.05) is 5.39 Å². The number of nitrogens with zero attached hydrogens (tertiary/aromatic N) is 2. The number of halogens is 1. The van der Waals surface area contributed by atoms with Gasteiger partial charge >= 0.3 is 0 Å². The summed E-state index contributed by atoms with van der Waals surface area (Å²) in [5, 5.41) is 15.2. The number of benzene rings is 2. The topological polar surface area (TPSA) is 48.7 Å². The van der Waals surface area contributed by atoms with Crippen molar-refractivity contribution >= 4 is 45.6 Å². The van der Waals surface area contributed by atoms with E-state index in [0.717, 1.165) is 33.1 Å². The standard InChI is InChI=1S/C18H14ClN3S/c1-2-23-18-13(11-20)17(12-7-3-5-9-15(12)22-18)21-16-10-6-4-8-14(16)19/h3-10H,2H2,1H3,(H,21,22). The Balaban J connectivity index is 2.24. The van der Waals surface area contributed by atoms with Gasteiger partial charge in [0.2, 0.25) is 0 Å². The van der Waals surface area contributed by atoms with E-state index in [1.165, 1.54) is 0 Å². The van der Waals surface area contributed by atoms with Gasteiger partial charge in [0.05, 0.1) is 21.9 Å². The molecule has 114 valence electrons. The monoisotopic (exact) mass is 339 g/mol. The normalized spacial score (nSPS) is 10.5. The molecule has 5 heteroatoms. The molecule has 1 aromatic heterocycles. The van der Waals surface area contributed by atoms with Gasteiger partial charge in [0.1, 0.15) is 16.7 Å². The van der Waals surface area contributed by atoms with Gasteiger partial charge in [-0.3, -0.25) is 0 Å². The Hall–Kier alpha value is -2.22. The van der Waals surface area contributed by atoms with Gasteiger partial charge in [-0.2, -0.15) is 5.26 Å². The molecule has 0 unspecified atom stereocenters. The Morgan fingerprint density at radius 1 is 1.17 bits per heavy atom. The van der Waals surface area contributed by atoms with Crippen molar-refractivity contribution in [2.45, 2.75) is 11.9 Å². The van der Waals surface area contributed by atoms with E-state index >= 15 is 0 Å². The van der Waals surface area contributed by atoms with Crippen molar-refractivity contribution in [3.05, 3.63) is 59.1 Å². The molecule has 3 rings (SSSR count). The minimum atomic E-state index is 0.551. The van der Waals surface area contributed by atoms with E-state index in [0.29, 0.717) is 10.6 Å². The second kappa shape index (κ2) is 6.91. The van der Waals surface area contributed by atoms with Crippen LogP contribution in [0.2, 0.25) is 5.02 Å². The molecule has 0 bridgehead atoms. The maximum Gasteiger partial charge on any atom is 0.117 e. The molecule has 0 aliphatic carbocycles. The summed E-state index contributed by atoms with van der Waals surface area (Å²) in [5.74, 6) is 0.853. The highest BCUT2D eigenvalue weighted by Gasteiger charge is 2.16. The van der Waals surface area contributed by atoms with E-state index in [9.17, 15) is 5.26 Å². The van der Waals surface area contributed by atoms with E-state index in [1.807, 2.05) is 55.5 Å². The fourth-order valence-corrected chi connectivity index (χ4v) is 3.27. The number of nitriles is 1. The molecule has 1 N–H and O–H groups in total. The summed E-state index contributed by atoms with van der Waals surface area (Å²) in [5.41, 5.74) is 2.93. The molecule has 0 saturated carbocycles. The summed E-state index contributed by atoms with van der Waals surface area (Å²) in [6.07, 6.45) is 0. The van der Waals surface area contributed by atoms with Crippen molar-refractivity contribution in [1.29, 1.82) is 5.26 Å². The highest BCUT2D eigenvalue weighted by atomic mass is 35.5. The van der Waals surface area contributed by atoms with Crippen molar-refractivity contribution in [2.24, 2.45) is 0 Å². The molecule has 23 heavy (non-hydrogen) atoms. The lowest BCUT2D eigenvalue weighted by Gasteiger charge is -2.15. The number of pyridine rings is 1. The first-order chi connectivity index (χ1) is 11.2. The molecule has 0 atom stereocenters. The minimum absolute atomic E-state index is 0.551. The van der Waals surface area contributed by atoms with Gasteiger partial charge in [0.25, 0.3) is 0 Å². The second-order valence-electron chi connectivity index (χ2n) is 4.83. The van der Waals surface area contributed by atoms with Crippen LogP contribution in [0, 0.1) is 11.3 Å². The molecule has 0 aliphatic heterocycles. The van der Waals surface area contributed by atoms with Crippen LogP contribution in [0.1, 0.15) is 12.5 Å². The van der Waals surface area contributed by atoms with Crippen molar-refractivity contribution in [2.75, 3.05) is 11.1 Å². The van der Waals surface area contributed by atoms with Crippen LogP contribution in [-0.2, 0) is 0 Å². The Labute approximate surface area is 144 Å². The summed E-state index contributed by atoms with van der Waals surface area (Å²) in [6, 6.07) is 17.6. The SMILES string of the molecule is CCSc1nc2ccccc2c(Nc2ccccc2Cl)c1C#N. The average Bonchev–Trinajstić information content (AvgIpc) is 2.57. The molecule has 0 spiro atoms. The van der Waals surface area contributed by atoms with Crippen LogP contribution in [-0.4, -0.2) is 10.7 Å². The highest BCUT2D eigenvalue weighted by molar-refractivity contribution is 7.99. The number of aromatic nitrogens is 1. The number of hydrogen-bond donors (Lipinski definition) is 1. The van der Waals surface area contributed by atoms with Crippen LogP contribution < -0.4 is 5.32 Å². The third-order valence-corrected chi connectivity index (χ3v) is 4.57. The van der Waals surface area contributed by atoms with E-state index in [1.54, 1.807) is 11.8 Å². The summed E-state index contributed by atoms with van der Waals surface area (Å²) < 4.78 is 0. The molecule has 0 aliphatic rings. The first kappa shape index (κ1) is 15.7. The smallest absolute Gasteiger partial charge is 0.117 e. The molecular formula is C18H14ClN3S. The molecule has 3 aromatic rings. The molecular weight excluding hydrogens is 326 g/mol. The van der Waals surface area contributed by atoms with Crippen LogP contribution in [0.3, 0.4) is 0 Å². The van der Waals surface area contributed by atoms with Gasteiger partial charge in [-0.25, -0.2) is 4.98 Å². The lowest BCUT2D eigenvalue weighted by Crippen LogP contribution is -2.00. The van der Waals surface area contributed by atoms with Crippen LogP contribution in [0.25, 0.3) is 10.9 Å². The first-order valence-electron chi connectivity index (χ1n) is 7.21. The quantitative estimate of drug-likeness (QED) is 0.627. The first-order valence-corrected chi connectivity index (χ1v) is 8.58. The number of rotatable bonds is 4. The van der Waals surface area contributed by atoms with Crippen LogP contribution in [0.15, 0.2) is 53.6 Å². The van der Waals surface area contributed by atoms with Gasteiger partial charge in [-0.15, -0.1) is 11.8 Å². The summed E-state index contributed by atoms with van der Waals surface area (Å²) >= 11 is 7.82. The largest absolute Gasteiger partial charge is 0.353 e.